The molecule has 0 saturated heterocycles. The van der Waals surface area contributed by atoms with Crippen molar-refractivity contribution in [2.45, 2.75) is 290 Å². The zero-order chi connectivity index (χ0) is 50.7. The zero-order valence-electron chi connectivity index (χ0n) is 46.0. The quantitative estimate of drug-likeness (QED) is 0.0261. The molecule has 0 N–H and O–H groups in total. The van der Waals surface area contributed by atoms with Gasteiger partial charge >= 0.3 is 17.9 Å². The summed E-state index contributed by atoms with van der Waals surface area (Å²) in [5, 5.41) is 0. The first kappa shape index (κ1) is 66.6. The maximum Gasteiger partial charge on any atom is 0.306 e. The third kappa shape index (κ3) is 55.5. The molecule has 6 heteroatoms. The van der Waals surface area contributed by atoms with Crippen molar-refractivity contribution in [2.75, 3.05) is 13.2 Å². The van der Waals surface area contributed by atoms with Gasteiger partial charge in [0, 0.05) is 19.3 Å². The van der Waals surface area contributed by atoms with Crippen molar-refractivity contribution in [2.24, 2.45) is 0 Å². The number of hydrogen-bond acceptors (Lipinski definition) is 6. The van der Waals surface area contributed by atoms with Gasteiger partial charge in [-0.05, 0) is 96.3 Å². The summed E-state index contributed by atoms with van der Waals surface area (Å²) < 4.78 is 16.8. The summed E-state index contributed by atoms with van der Waals surface area (Å²) >= 11 is 0. The lowest BCUT2D eigenvalue weighted by Gasteiger charge is -2.18. The van der Waals surface area contributed by atoms with E-state index in [-0.39, 0.29) is 31.1 Å². The number of rotatable bonds is 53. The van der Waals surface area contributed by atoms with Crippen LogP contribution in [-0.2, 0) is 28.6 Å². The smallest absolute Gasteiger partial charge is 0.306 e. The zero-order valence-corrected chi connectivity index (χ0v) is 46.0. The van der Waals surface area contributed by atoms with E-state index >= 15 is 0 Å². The molecule has 0 spiro atoms. The molecule has 1 unspecified atom stereocenters. The molecular formula is C64H110O6. The van der Waals surface area contributed by atoms with Gasteiger partial charge in [-0.25, -0.2) is 0 Å². The molecule has 402 valence electrons. The van der Waals surface area contributed by atoms with Gasteiger partial charge in [-0.15, -0.1) is 0 Å². The fraction of sp³-hybridized carbons (Fsp3) is 0.734. The van der Waals surface area contributed by atoms with Crippen LogP contribution in [0.1, 0.15) is 284 Å². The number of hydrogen-bond donors (Lipinski definition) is 0. The van der Waals surface area contributed by atoms with E-state index in [2.05, 4.69) is 106 Å². The molecule has 1 atom stereocenters. The minimum absolute atomic E-state index is 0.0791. The summed E-state index contributed by atoms with van der Waals surface area (Å²) in [6, 6.07) is 0. The minimum atomic E-state index is -0.779. The molecule has 0 amide bonds. The summed E-state index contributed by atoms with van der Waals surface area (Å²) in [6.45, 7) is 6.48. The summed E-state index contributed by atoms with van der Waals surface area (Å²) in [5.41, 5.74) is 0. The van der Waals surface area contributed by atoms with Crippen molar-refractivity contribution in [3.63, 3.8) is 0 Å². The van der Waals surface area contributed by atoms with Crippen LogP contribution in [0.3, 0.4) is 0 Å². The maximum atomic E-state index is 12.8. The molecule has 0 bridgehead atoms. The van der Waals surface area contributed by atoms with Crippen LogP contribution in [0.2, 0.25) is 0 Å². The fourth-order valence-corrected chi connectivity index (χ4v) is 8.21. The van der Waals surface area contributed by atoms with Gasteiger partial charge in [0.05, 0.1) is 0 Å². The van der Waals surface area contributed by atoms with Gasteiger partial charge in [0.15, 0.2) is 6.10 Å². The van der Waals surface area contributed by atoms with Gasteiger partial charge in [-0.1, -0.05) is 254 Å². The average Bonchev–Trinajstić information content (AvgIpc) is 3.36. The van der Waals surface area contributed by atoms with Gasteiger partial charge in [0.25, 0.3) is 0 Å². The molecule has 0 radical (unpaired) electrons. The Kier molecular flexibility index (Phi) is 55.3. The maximum absolute atomic E-state index is 12.8. The van der Waals surface area contributed by atoms with E-state index in [1.807, 2.05) is 0 Å². The second-order valence-corrected chi connectivity index (χ2v) is 19.5. The molecule has 0 aromatic rings. The largest absolute Gasteiger partial charge is 0.462 e. The number of carbonyl (C=O) groups is 3. The summed E-state index contributed by atoms with van der Waals surface area (Å²) in [6.07, 6.45) is 76.0. The molecule has 70 heavy (non-hydrogen) atoms. The van der Waals surface area contributed by atoms with Gasteiger partial charge in [0.2, 0.25) is 0 Å². The van der Waals surface area contributed by atoms with Crippen LogP contribution in [-0.4, -0.2) is 37.2 Å². The lowest BCUT2D eigenvalue weighted by atomic mass is 10.1. The topological polar surface area (TPSA) is 78.9 Å². The van der Waals surface area contributed by atoms with Crippen molar-refractivity contribution in [1.29, 1.82) is 0 Å². The van der Waals surface area contributed by atoms with Crippen LogP contribution in [0.25, 0.3) is 0 Å². The first-order chi connectivity index (χ1) is 34.5. The lowest BCUT2D eigenvalue weighted by Crippen LogP contribution is -2.30. The molecule has 0 aliphatic carbocycles. The predicted octanol–water partition coefficient (Wildman–Crippen LogP) is 19.9. The minimum Gasteiger partial charge on any atom is -0.462 e. The monoisotopic (exact) mass is 975 g/mol. The lowest BCUT2D eigenvalue weighted by molar-refractivity contribution is -0.167. The third-order valence-corrected chi connectivity index (χ3v) is 12.6. The van der Waals surface area contributed by atoms with E-state index < -0.39 is 6.10 Å². The molecule has 0 heterocycles. The van der Waals surface area contributed by atoms with E-state index in [0.29, 0.717) is 19.3 Å². The van der Waals surface area contributed by atoms with Crippen LogP contribution in [0, 0.1) is 0 Å². The Morgan fingerprint density at radius 3 is 0.886 bits per heavy atom. The molecule has 0 aliphatic rings. The van der Waals surface area contributed by atoms with E-state index in [1.165, 1.54) is 135 Å². The Hall–Kier alpha value is -3.41. The molecular weight excluding hydrogens is 865 g/mol. The van der Waals surface area contributed by atoms with Crippen LogP contribution in [0.5, 0.6) is 0 Å². The van der Waals surface area contributed by atoms with Crippen LogP contribution in [0.4, 0.5) is 0 Å². The predicted molar refractivity (Wildman–Crippen MR) is 302 cm³/mol. The Morgan fingerprint density at radius 1 is 0.300 bits per heavy atom. The summed E-state index contributed by atoms with van der Waals surface area (Å²) in [5.74, 6) is -0.893. The van der Waals surface area contributed by atoms with Gasteiger partial charge in [-0.2, -0.15) is 0 Å². The number of ether oxygens (including phenoxy) is 3. The van der Waals surface area contributed by atoms with Crippen molar-refractivity contribution >= 4 is 17.9 Å². The second-order valence-electron chi connectivity index (χ2n) is 19.5. The van der Waals surface area contributed by atoms with E-state index in [9.17, 15) is 14.4 Å². The highest BCUT2D eigenvalue weighted by molar-refractivity contribution is 5.71. The molecule has 0 aliphatic heterocycles. The fourth-order valence-electron chi connectivity index (χ4n) is 8.21. The van der Waals surface area contributed by atoms with Crippen molar-refractivity contribution in [1.82, 2.24) is 0 Å². The highest BCUT2D eigenvalue weighted by atomic mass is 16.6. The van der Waals surface area contributed by atoms with Gasteiger partial charge < -0.3 is 14.2 Å². The van der Waals surface area contributed by atoms with Gasteiger partial charge in [-0.3, -0.25) is 14.4 Å². The molecule has 0 rings (SSSR count). The van der Waals surface area contributed by atoms with Crippen LogP contribution < -0.4 is 0 Å². The number of carbonyl (C=O) groups excluding carboxylic acids is 3. The number of esters is 3. The normalized spacial score (nSPS) is 12.7. The van der Waals surface area contributed by atoms with Crippen molar-refractivity contribution < 1.29 is 28.6 Å². The third-order valence-electron chi connectivity index (χ3n) is 12.6. The Labute approximate surface area is 433 Å². The molecule has 6 nitrogen and oxygen atoms in total. The first-order valence-corrected chi connectivity index (χ1v) is 29.6. The van der Waals surface area contributed by atoms with Crippen molar-refractivity contribution in [3.05, 3.63) is 85.1 Å². The summed E-state index contributed by atoms with van der Waals surface area (Å²) in [7, 11) is 0. The Bertz CT molecular complexity index is 1350. The van der Waals surface area contributed by atoms with E-state index in [4.69, 9.17) is 14.2 Å². The molecule has 0 aromatic carbocycles. The van der Waals surface area contributed by atoms with Crippen LogP contribution >= 0.6 is 0 Å². The Morgan fingerprint density at radius 2 is 0.557 bits per heavy atom. The van der Waals surface area contributed by atoms with Gasteiger partial charge in [0.1, 0.15) is 13.2 Å². The number of unbranched alkanes of at least 4 members (excludes halogenated alkanes) is 28. The molecule has 0 fully saturated rings. The first-order valence-electron chi connectivity index (χ1n) is 29.6. The Balaban J connectivity index is 4.15. The highest BCUT2D eigenvalue weighted by Gasteiger charge is 2.19. The SMILES string of the molecule is CC/C=C\C/C=C\C/C=C\C/C=C\C/C=C\C/C=C\CCCCCCCCCCCCC(=O)OCC(COC(=O)CCCCCCCCC)OC(=O)CCCCCCC/C=C\CCCCCCCCC. The average molecular weight is 976 g/mol. The number of allylic oxidation sites excluding steroid dienone is 14. The van der Waals surface area contributed by atoms with E-state index in [0.717, 1.165) is 109 Å². The van der Waals surface area contributed by atoms with Crippen LogP contribution in [0.15, 0.2) is 85.1 Å². The standard InChI is InChI=1S/C64H110O6/c1-4-7-10-13-16-18-20-22-24-26-27-28-29-30-31-32-33-34-35-36-37-38-40-41-43-45-48-51-54-57-63(66)69-60-61(59-68-62(65)56-53-50-47-15-12-9-6-3)70-64(67)58-55-52-49-46-44-42-39-25-23-21-19-17-14-11-8-5-2/h7,10,16,18,22,24-25,27-28,30-31,33-34,39,61H,4-6,8-9,11-15,17,19-21,23,26,29,32,35-38,40-60H2,1-3H3/b10-7-,18-16-,24-22-,28-27-,31-30-,34-33-,39-25-. The molecule has 0 saturated carbocycles. The summed E-state index contributed by atoms with van der Waals surface area (Å²) in [4.78, 5) is 37.9. The molecule has 0 aromatic heterocycles. The van der Waals surface area contributed by atoms with Crippen molar-refractivity contribution in [3.8, 4) is 0 Å². The van der Waals surface area contributed by atoms with E-state index in [1.54, 1.807) is 0 Å². The second kappa shape index (κ2) is 58.2. The highest BCUT2D eigenvalue weighted by Crippen LogP contribution is 2.15.